The fourth-order valence-corrected chi connectivity index (χ4v) is 2.82. The summed E-state index contributed by atoms with van der Waals surface area (Å²) in [6.45, 7) is 0.530. The van der Waals surface area contributed by atoms with Gasteiger partial charge in [0.2, 0.25) is 0 Å². The zero-order valence-electron chi connectivity index (χ0n) is 12.1. The zero-order valence-corrected chi connectivity index (χ0v) is 12.1. The summed E-state index contributed by atoms with van der Waals surface area (Å²) in [6, 6.07) is 6.99. The highest BCUT2D eigenvalue weighted by Crippen LogP contribution is 2.19. The maximum absolute atomic E-state index is 12.1. The first-order valence-corrected chi connectivity index (χ1v) is 7.35. The van der Waals surface area contributed by atoms with Gasteiger partial charge >= 0.3 is 6.03 Å². The van der Waals surface area contributed by atoms with Gasteiger partial charge in [-0.05, 0) is 18.6 Å². The number of hydrogen-bond acceptors (Lipinski definition) is 5. The number of fused-ring (bicyclic) bond motifs is 1. The molecule has 0 bridgehead atoms. The summed E-state index contributed by atoms with van der Waals surface area (Å²) in [7, 11) is 0. The number of nitrogens with one attached hydrogen (secondary N) is 1. The van der Waals surface area contributed by atoms with Gasteiger partial charge in [-0.25, -0.2) is 4.79 Å². The number of aliphatic hydroxyl groups is 2. The highest BCUT2D eigenvalue weighted by atomic mass is 16.5. The second kappa shape index (κ2) is 6.33. The molecule has 3 N–H and O–H groups in total. The molecule has 1 aromatic heterocycles. The van der Waals surface area contributed by atoms with E-state index in [0.29, 0.717) is 19.4 Å². The van der Waals surface area contributed by atoms with Crippen molar-refractivity contribution >= 4 is 17.0 Å². The number of benzene rings is 1. The van der Waals surface area contributed by atoms with Crippen molar-refractivity contribution in [3.05, 3.63) is 30.0 Å². The van der Waals surface area contributed by atoms with Crippen LogP contribution in [0.5, 0.6) is 0 Å². The molecule has 2 amide bonds. The van der Waals surface area contributed by atoms with E-state index in [2.05, 4.69) is 10.5 Å². The summed E-state index contributed by atoms with van der Waals surface area (Å²) >= 11 is 0. The van der Waals surface area contributed by atoms with E-state index in [9.17, 15) is 15.0 Å². The SMILES string of the molecule is O=C(NCCc1noc2ccccc12)N1C[C@@H](O)C[C@H]1CO. The standard InChI is InChI=1S/C15H19N3O4/c19-9-10-7-11(20)8-18(10)15(21)16-6-5-13-12-3-1-2-4-14(12)22-17-13/h1-4,10-11,19-20H,5-9H2,(H,16,21)/t10-,11-/m0/s1. The fourth-order valence-electron chi connectivity index (χ4n) is 2.82. The van der Waals surface area contributed by atoms with E-state index in [1.54, 1.807) is 0 Å². The van der Waals surface area contributed by atoms with Crippen LogP contribution in [-0.4, -0.2) is 58.1 Å². The number of amides is 2. The van der Waals surface area contributed by atoms with Gasteiger partial charge < -0.3 is 25.0 Å². The first-order chi connectivity index (χ1) is 10.7. The molecule has 0 aliphatic carbocycles. The van der Waals surface area contributed by atoms with Crippen molar-refractivity contribution in [1.82, 2.24) is 15.4 Å². The highest BCUT2D eigenvalue weighted by molar-refractivity contribution is 5.79. The van der Waals surface area contributed by atoms with E-state index in [1.165, 1.54) is 4.90 Å². The molecule has 0 unspecified atom stereocenters. The molecule has 118 valence electrons. The molecule has 2 heterocycles. The lowest BCUT2D eigenvalue weighted by Gasteiger charge is -2.22. The molecule has 3 rings (SSSR count). The molecule has 0 spiro atoms. The number of β-amino-alcohol motifs (C(OH)–C–C–N with tert-alkyl or cyclic N) is 1. The van der Waals surface area contributed by atoms with Gasteiger partial charge in [0.1, 0.15) is 0 Å². The Morgan fingerprint density at radius 1 is 1.45 bits per heavy atom. The Morgan fingerprint density at radius 3 is 3.09 bits per heavy atom. The van der Waals surface area contributed by atoms with Gasteiger partial charge in [-0.3, -0.25) is 0 Å². The average Bonchev–Trinajstić information content (AvgIpc) is 3.11. The second-order valence-corrected chi connectivity index (χ2v) is 5.49. The molecule has 1 aliphatic heterocycles. The molecule has 7 nitrogen and oxygen atoms in total. The first-order valence-electron chi connectivity index (χ1n) is 7.35. The van der Waals surface area contributed by atoms with Gasteiger partial charge in [0, 0.05) is 24.9 Å². The second-order valence-electron chi connectivity index (χ2n) is 5.49. The van der Waals surface area contributed by atoms with E-state index < -0.39 is 6.10 Å². The maximum Gasteiger partial charge on any atom is 0.317 e. The third-order valence-corrected chi connectivity index (χ3v) is 3.95. The van der Waals surface area contributed by atoms with Crippen LogP contribution >= 0.6 is 0 Å². The van der Waals surface area contributed by atoms with Crippen LogP contribution in [0.4, 0.5) is 4.79 Å². The van der Waals surface area contributed by atoms with Crippen molar-refractivity contribution in [2.75, 3.05) is 19.7 Å². The largest absolute Gasteiger partial charge is 0.394 e. The number of urea groups is 1. The van der Waals surface area contributed by atoms with Gasteiger partial charge in [-0.1, -0.05) is 17.3 Å². The van der Waals surface area contributed by atoms with Crippen LogP contribution < -0.4 is 5.32 Å². The fraction of sp³-hybridized carbons (Fsp3) is 0.467. The van der Waals surface area contributed by atoms with Gasteiger partial charge in [0.25, 0.3) is 0 Å². The lowest BCUT2D eigenvalue weighted by Crippen LogP contribution is -2.45. The summed E-state index contributed by atoms with van der Waals surface area (Å²) < 4.78 is 5.22. The monoisotopic (exact) mass is 305 g/mol. The predicted molar refractivity (Wildman–Crippen MR) is 79.3 cm³/mol. The third-order valence-electron chi connectivity index (χ3n) is 3.95. The molecular weight excluding hydrogens is 286 g/mol. The van der Waals surface area contributed by atoms with Gasteiger partial charge in [-0.2, -0.15) is 0 Å². The molecular formula is C15H19N3O4. The van der Waals surface area contributed by atoms with Crippen molar-refractivity contribution in [2.45, 2.75) is 25.0 Å². The van der Waals surface area contributed by atoms with Gasteiger partial charge in [0.05, 0.1) is 24.4 Å². The average molecular weight is 305 g/mol. The Balaban J connectivity index is 1.55. The molecule has 7 heteroatoms. The molecule has 1 fully saturated rings. The van der Waals surface area contributed by atoms with Gasteiger partial charge in [-0.15, -0.1) is 0 Å². The number of hydrogen-bond donors (Lipinski definition) is 3. The zero-order chi connectivity index (χ0) is 15.5. The van der Waals surface area contributed by atoms with Crippen LogP contribution in [-0.2, 0) is 6.42 Å². The third kappa shape index (κ3) is 2.90. The minimum atomic E-state index is -0.567. The number of aliphatic hydroxyl groups excluding tert-OH is 2. The minimum Gasteiger partial charge on any atom is -0.394 e. The number of para-hydroxylation sites is 1. The van der Waals surface area contributed by atoms with Crippen molar-refractivity contribution in [3.8, 4) is 0 Å². The van der Waals surface area contributed by atoms with Crippen LogP contribution in [0.3, 0.4) is 0 Å². The Hall–Kier alpha value is -2.12. The van der Waals surface area contributed by atoms with Crippen LogP contribution in [0, 0.1) is 0 Å². The Morgan fingerprint density at radius 2 is 2.27 bits per heavy atom. The quantitative estimate of drug-likeness (QED) is 0.764. The molecule has 22 heavy (non-hydrogen) atoms. The Labute approximate surface area is 127 Å². The number of nitrogens with zero attached hydrogens (tertiary/aromatic N) is 2. The van der Waals surface area contributed by atoms with Crippen molar-refractivity contribution < 1.29 is 19.5 Å². The summed E-state index contributed by atoms with van der Waals surface area (Å²) in [4.78, 5) is 13.6. The topological polar surface area (TPSA) is 98.8 Å². The number of carbonyl (C=O) groups is 1. The Bertz CT molecular complexity index is 657. The molecule has 0 saturated carbocycles. The van der Waals surface area contributed by atoms with Crippen molar-refractivity contribution in [2.24, 2.45) is 0 Å². The summed E-state index contributed by atoms with van der Waals surface area (Å²) in [5.74, 6) is 0. The molecule has 1 aliphatic rings. The normalized spacial score (nSPS) is 21.5. The lowest BCUT2D eigenvalue weighted by molar-refractivity contribution is 0.155. The van der Waals surface area contributed by atoms with Crippen LogP contribution in [0.25, 0.3) is 11.0 Å². The van der Waals surface area contributed by atoms with Gasteiger partial charge in [0.15, 0.2) is 5.58 Å². The van der Waals surface area contributed by atoms with E-state index >= 15 is 0 Å². The van der Waals surface area contributed by atoms with Crippen LogP contribution in [0.15, 0.2) is 28.8 Å². The summed E-state index contributed by atoms with van der Waals surface area (Å²) in [6.07, 6.45) is 0.406. The molecule has 2 aromatic rings. The van der Waals surface area contributed by atoms with Crippen molar-refractivity contribution in [3.63, 3.8) is 0 Å². The van der Waals surface area contributed by atoms with Crippen molar-refractivity contribution in [1.29, 1.82) is 0 Å². The maximum atomic E-state index is 12.1. The lowest BCUT2D eigenvalue weighted by atomic mass is 10.2. The van der Waals surface area contributed by atoms with E-state index in [-0.39, 0.29) is 25.2 Å². The first kappa shape index (κ1) is 14.8. The molecule has 1 saturated heterocycles. The summed E-state index contributed by atoms with van der Waals surface area (Å²) in [5, 5.41) is 26.6. The molecule has 1 aromatic carbocycles. The number of likely N-dealkylation sites (tertiary alicyclic amines) is 1. The van der Waals surface area contributed by atoms with Crippen LogP contribution in [0.1, 0.15) is 12.1 Å². The Kier molecular flexibility index (Phi) is 4.26. The molecule has 2 atom stereocenters. The highest BCUT2D eigenvalue weighted by Gasteiger charge is 2.33. The summed E-state index contributed by atoms with van der Waals surface area (Å²) in [5.41, 5.74) is 1.53. The minimum absolute atomic E-state index is 0.140. The number of rotatable bonds is 4. The predicted octanol–water partition coefficient (Wildman–Crippen LogP) is 0.507. The van der Waals surface area contributed by atoms with E-state index in [0.717, 1.165) is 16.7 Å². The molecule has 0 radical (unpaired) electrons. The van der Waals surface area contributed by atoms with Crippen LogP contribution in [0.2, 0.25) is 0 Å². The number of carbonyl (C=O) groups excluding carboxylic acids is 1. The smallest absolute Gasteiger partial charge is 0.317 e. The van der Waals surface area contributed by atoms with E-state index in [1.807, 2.05) is 24.3 Å². The van der Waals surface area contributed by atoms with E-state index in [4.69, 9.17) is 4.52 Å². The number of aromatic nitrogens is 1.